The zero-order valence-corrected chi connectivity index (χ0v) is 19.3. The molecule has 0 fully saturated rings. The van der Waals surface area contributed by atoms with Crippen LogP contribution in [0.15, 0.2) is 40.2 Å². The maximum atomic E-state index is 4.32. The van der Waals surface area contributed by atoms with Gasteiger partial charge in [-0.3, -0.25) is 4.99 Å². The first-order valence-corrected chi connectivity index (χ1v) is 10.1. The van der Waals surface area contributed by atoms with E-state index in [1.165, 1.54) is 17.9 Å². The minimum Gasteiger partial charge on any atom is -0.356 e. The Labute approximate surface area is 175 Å². The van der Waals surface area contributed by atoms with Crippen LogP contribution in [0.25, 0.3) is 0 Å². The summed E-state index contributed by atoms with van der Waals surface area (Å²) in [4.78, 5) is 8.11. The van der Waals surface area contributed by atoms with E-state index >= 15 is 0 Å². The van der Waals surface area contributed by atoms with Crippen molar-refractivity contribution in [3.63, 3.8) is 0 Å². The average Bonchev–Trinajstić information content (AvgIpc) is 2.62. The summed E-state index contributed by atoms with van der Waals surface area (Å²) in [5.74, 6) is 1.93. The quantitative estimate of drug-likeness (QED) is 0.165. The van der Waals surface area contributed by atoms with Gasteiger partial charge in [0.05, 0.1) is 0 Å². The highest BCUT2D eigenvalue weighted by Gasteiger charge is 2.06. The second-order valence-electron chi connectivity index (χ2n) is 5.88. The number of hydrogen-bond acceptors (Lipinski definition) is 3. The molecule has 6 heteroatoms. The Balaban J connectivity index is 0.00000576. The molecule has 1 aromatic carbocycles. The molecule has 25 heavy (non-hydrogen) atoms. The third kappa shape index (κ3) is 11.7. The molecule has 2 N–H and O–H groups in total. The van der Waals surface area contributed by atoms with Crippen molar-refractivity contribution in [2.75, 3.05) is 39.0 Å². The van der Waals surface area contributed by atoms with Crippen LogP contribution in [0.5, 0.6) is 0 Å². The van der Waals surface area contributed by atoms with Crippen molar-refractivity contribution in [3.05, 3.63) is 30.3 Å². The summed E-state index contributed by atoms with van der Waals surface area (Å²) in [5, 5.41) is 6.89. The first-order valence-electron chi connectivity index (χ1n) is 9.07. The van der Waals surface area contributed by atoms with E-state index in [4.69, 9.17) is 0 Å². The fourth-order valence-corrected chi connectivity index (χ4v) is 3.31. The van der Waals surface area contributed by atoms with Gasteiger partial charge in [0, 0.05) is 30.3 Å². The Hall–Kier alpha value is -0.470. The smallest absolute Gasteiger partial charge is 0.191 e. The number of nitrogens with zero attached hydrogens (tertiary/aromatic N) is 2. The van der Waals surface area contributed by atoms with E-state index in [1.54, 1.807) is 0 Å². The molecule has 0 saturated carbocycles. The van der Waals surface area contributed by atoms with Crippen molar-refractivity contribution < 1.29 is 0 Å². The lowest BCUT2D eigenvalue weighted by Gasteiger charge is -2.21. The Morgan fingerprint density at radius 2 is 1.88 bits per heavy atom. The van der Waals surface area contributed by atoms with Crippen LogP contribution >= 0.6 is 35.7 Å². The molecule has 0 aliphatic carbocycles. The zero-order chi connectivity index (χ0) is 17.6. The van der Waals surface area contributed by atoms with Gasteiger partial charge in [-0.05, 0) is 51.5 Å². The number of hydrogen-bond donors (Lipinski definition) is 2. The molecule has 0 amide bonds. The minimum atomic E-state index is 0. The van der Waals surface area contributed by atoms with Crippen LogP contribution in [0.4, 0.5) is 0 Å². The normalized spacial score (nSPS) is 12.6. The highest BCUT2D eigenvalue weighted by atomic mass is 127. The second kappa shape index (κ2) is 15.8. The van der Waals surface area contributed by atoms with Gasteiger partial charge in [0.2, 0.25) is 0 Å². The predicted octanol–water partition coefficient (Wildman–Crippen LogP) is 4.07. The van der Waals surface area contributed by atoms with Crippen molar-refractivity contribution in [1.29, 1.82) is 0 Å². The number of thioether (sulfide) groups is 1. The molecule has 144 valence electrons. The molecule has 1 rings (SSSR count). The maximum absolute atomic E-state index is 4.32. The number of benzene rings is 1. The number of nitrogens with one attached hydrogen (secondary N) is 2. The molecular formula is C19H35IN4S. The van der Waals surface area contributed by atoms with Crippen LogP contribution in [0, 0.1) is 0 Å². The lowest BCUT2D eigenvalue weighted by atomic mass is 10.2. The highest BCUT2D eigenvalue weighted by Crippen LogP contribution is 2.15. The Morgan fingerprint density at radius 3 is 2.48 bits per heavy atom. The summed E-state index contributed by atoms with van der Waals surface area (Å²) < 4.78 is 0. The van der Waals surface area contributed by atoms with Gasteiger partial charge < -0.3 is 15.5 Å². The Bertz CT molecular complexity index is 452. The van der Waals surface area contributed by atoms with Gasteiger partial charge in [-0.2, -0.15) is 0 Å². The van der Waals surface area contributed by atoms with Crippen LogP contribution in [0.3, 0.4) is 0 Å². The largest absolute Gasteiger partial charge is 0.356 e. The first-order chi connectivity index (χ1) is 11.7. The summed E-state index contributed by atoms with van der Waals surface area (Å²) in [5.41, 5.74) is 0. The molecule has 4 nitrogen and oxygen atoms in total. The van der Waals surface area contributed by atoms with E-state index in [2.05, 4.69) is 71.6 Å². The molecule has 1 unspecified atom stereocenters. The van der Waals surface area contributed by atoms with E-state index in [1.807, 2.05) is 18.8 Å². The van der Waals surface area contributed by atoms with E-state index < -0.39 is 0 Å². The topological polar surface area (TPSA) is 39.7 Å². The third-order valence-corrected chi connectivity index (χ3v) is 5.03. The zero-order valence-electron chi connectivity index (χ0n) is 16.1. The fourth-order valence-electron chi connectivity index (χ4n) is 2.52. The second-order valence-corrected chi connectivity index (χ2v) is 7.04. The summed E-state index contributed by atoms with van der Waals surface area (Å²) in [6.07, 6.45) is 2.38. The molecule has 0 aliphatic heterocycles. The van der Waals surface area contributed by atoms with Gasteiger partial charge in [0.1, 0.15) is 0 Å². The Morgan fingerprint density at radius 1 is 1.20 bits per heavy atom. The number of guanidine groups is 1. The minimum absolute atomic E-state index is 0. The molecule has 1 aromatic rings. The van der Waals surface area contributed by atoms with Gasteiger partial charge in [0.15, 0.2) is 5.96 Å². The van der Waals surface area contributed by atoms with E-state index in [0.29, 0.717) is 6.04 Å². The van der Waals surface area contributed by atoms with Crippen LogP contribution in [-0.2, 0) is 0 Å². The van der Waals surface area contributed by atoms with E-state index in [0.717, 1.165) is 37.8 Å². The van der Waals surface area contributed by atoms with Gasteiger partial charge in [-0.25, -0.2) is 0 Å². The van der Waals surface area contributed by atoms with Crippen LogP contribution < -0.4 is 10.6 Å². The van der Waals surface area contributed by atoms with Gasteiger partial charge >= 0.3 is 0 Å². The lowest BCUT2D eigenvalue weighted by Crippen LogP contribution is -2.43. The number of halogens is 1. The molecule has 0 bridgehead atoms. The van der Waals surface area contributed by atoms with Crippen LogP contribution in [0.1, 0.15) is 33.6 Å². The predicted molar refractivity (Wildman–Crippen MR) is 124 cm³/mol. The Kier molecular flexibility index (Phi) is 15.5. The first kappa shape index (κ1) is 24.5. The van der Waals surface area contributed by atoms with Crippen molar-refractivity contribution in [1.82, 2.24) is 15.5 Å². The van der Waals surface area contributed by atoms with Crippen LogP contribution in [-0.4, -0.2) is 55.9 Å². The van der Waals surface area contributed by atoms with Gasteiger partial charge in [-0.1, -0.05) is 32.0 Å². The van der Waals surface area contributed by atoms with Crippen LogP contribution in [0.2, 0.25) is 0 Å². The molecule has 0 aliphatic rings. The number of aliphatic imine (C=N–C) groups is 1. The molecule has 0 spiro atoms. The SMILES string of the molecule is CCN(CC)CCCC(C)NC(=NC)NCCSc1ccccc1.I. The standard InChI is InChI=1S/C19H34N4S.HI/c1-5-23(6-2)15-10-11-17(3)22-19(20-4)21-14-16-24-18-12-8-7-9-13-18;/h7-9,12-13,17H,5-6,10-11,14-16H2,1-4H3,(H2,20,21,22);1H. The average molecular weight is 478 g/mol. The summed E-state index contributed by atoms with van der Waals surface area (Å²) >= 11 is 1.86. The molecule has 1 atom stereocenters. The van der Waals surface area contributed by atoms with Crippen molar-refractivity contribution in [2.45, 2.75) is 44.6 Å². The van der Waals surface area contributed by atoms with Crippen molar-refractivity contribution in [3.8, 4) is 0 Å². The molecule has 0 saturated heterocycles. The summed E-state index contributed by atoms with van der Waals surface area (Å²) in [6, 6.07) is 10.9. The monoisotopic (exact) mass is 478 g/mol. The third-order valence-electron chi connectivity index (χ3n) is 4.02. The van der Waals surface area contributed by atoms with Crippen molar-refractivity contribution in [2.24, 2.45) is 4.99 Å². The molecule has 0 heterocycles. The highest BCUT2D eigenvalue weighted by molar-refractivity contribution is 14.0. The summed E-state index contributed by atoms with van der Waals surface area (Å²) in [6.45, 7) is 11.0. The van der Waals surface area contributed by atoms with E-state index in [-0.39, 0.29) is 24.0 Å². The van der Waals surface area contributed by atoms with Crippen molar-refractivity contribution >= 4 is 41.7 Å². The maximum Gasteiger partial charge on any atom is 0.191 e. The van der Waals surface area contributed by atoms with Gasteiger partial charge in [0.25, 0.3) is 0 Å². The molecule has 0 radical (unpaired) electrons. The lowest BCUT2D eigenvalue weighted by molar-refractivity contribution is 0.292. The fraction of sp³-hybridized carbons (Fsp3) is 0.632. The summed E-state index contributed by atoms with van der Waals surface area (Å²) in [7, 11) is 1.84. The van der Waals surface area contributed by atoms with E-state index in [9.17, 15) is 0 Å². The van der Waals surface area contributed by atoms with Gasteiger partial charge in [-0.15, -0.1) is 35.7 Å². The molecular weight excluding hydrogens is 443 g/mol. The molecule has 0 aromatic heterocycles. The number of rotatable bonds is 11.